The minimum Gasteiger partial charge on any atom is -0.382 e. The number of likely N-dealkylation sites (tertiary alicyclic amines) is 1. The molecule has 7 heteroatoms. The monoisotopic (exact) mass is 456 g/mol. The number of piperidine rings is 1. The lowest BCUT2D eigenvalue weighted by Crippen LogP contribution is -2.43. The average Bonchev–Trinajstić information content (AvgIpc) is 2.58. The molecule has 1 aliphatic rings. The number of hydrogen-bond acceptors (Lipinski definition) is 4. The van der Waals surface area contributed by atoms with Gasteiger partial charge < -0.3 is 25.0 Å². The van der Waals surface area contributed by atoms with Crippen molar-refractivity contribution in [1.29, 1.82) is 0 Å². The van der Waals surface area contributed by atoms with Crippen LogP contribution in [-0.4, -0.2) is 77.6 Å². The second-order valence-electron chi connectivity index (χ2n) is 6.12. The molecule has 0 bridgehead atoms. The largest absolute Gasteiger partial charge is 0.382 e. The van der Waals surface area contributed by atoms with E-state index in [0.717, 1.165) is 38.0 Å². The Kier molecular flexibility index (Phi) is 16.3. The van der Waals surface area contributed by atoms with E-state index in [-0.39, 0.29) is 24.0 Å². The lowest BCUT2D eigenvalue weighted by molar-refractivity contribution is 0.0698. The molecule has 144 valence electrons. The molecule has 1 rings (SSSR count). The zero-order valence-corrected chi connectivity index (χ0v) is 18.0. The van der Waals surface area contributed by atoms with Crippen LogP contribution in [0.3, 0.4) is 0 Å². The van der Waals surface area contributed by atoms with E-state index in [1.165, 1.54) is 38.9 Å². The fourth-order valence-electron chi connectivity index (χ4n) is 2.82. The molecule has 1 fully saturated rings. The number of methoxy groups -OCH3 is 1. The molecule has 1 saturated heterocycles. The first-order valence-electron chi connectivity index (χ1n) is 9.03. The van der Waals surface area contributed by atoms with Gasteiger partial charge in [-0.05, 0) is 51.2 Å². The molecule has 0 unspecified atom stereocenters. The average molecular weight is 456 g/mol. The van der Waals surface area contributed by atoms with Crippen LogP contribution in [-0.2, 0) is 9.47 Å². The van der Waals surface area contributed by atoms with E-state index in [1.54, 1.807) is 7.11 Å². The van der Waals surface area contributed by atoms with E-state index in [2.05, 4.69) is 27.4 Å². The molecular formula is C17H37IN4O2. The van der Waals surface area contributed by atoms with Crippen LogP contribution in [0.1, 0.15) is 32.6 Å². The number of guanidine groups is 1. The van der Waals surface area contributed by atoms with Crippen molar-refractivity contribution in [2.75, 3.05) is 66.7 Å². The van der Waals surface area contributed by atoms with Gasteiger partial charge >= 0.3 is 0 Å². The summed E-state index contributed by atoms with van der Waals surface area (Å²) >= 11 is 0. The van der Waals surface area contributed by atoms with Crippen LogP contribution in [0.25, 0.3) is 0 Å². The maximum Gasteiger partial charge on any atom is 0.190 e. The highest BCUT2D eigenvalue weighted by atomic mass is 127. The summed E-state index contributed by atoms with van der Waals surface area (Å²) in [5, 5.41) is 6.80. The van der Waals surface area contributed by atoms with Gasteiger partial charge in [0.25, 0.3) is 0 Å². The maximum absolute atomic E-state index is 5.44. The van der Waals surface area contributed by atoms with E-state index in [1.807, 2.05) is 7.05 Å². The summed E-state index contributed by atoms with van der Waals surface area (Å²) in [7, 11) is 3.52. The number of ether oxygens (including phenoxy) is 2. The Hall–Kier alpha value is -0.120. The second kappa shape index (κ2) is 16.4. The fraction of sp³-hybridized carbons (Fsp3) is 0.941. The summed E-state index contributed by atoms with van der Waals surface area (Å²) in [6, 6.07) is 0. The van der Waals surface area contributed by atoms with E-state index in [0.29, 0.717) is 13.2 Å². The van der Waals surface area contributed by atoms with Crippen molar-refractivity contribution < 1.29 is 9.47 Å². The van der Waals surface area contributed by atoms with Crippen molar-refractivity contribution >= 4 is 29.9 Å². The number of nitrogens with one attached hydrogen (secondary N) is 2. The van der Waals surface area contributed by atoms with Crippen molar-refractivity contribution in [3.05, 3.63) is 0 Å². The summed E-state index contributed by atoms with van der Waals surface area (Å²) in [4.78, 5) is 6.86. The van der Waals surface area contributed by atoms with Gasteiger partial charge in [0.05, 0.1) is 13.2 Å². The van der Waals surface area contributed by atoms with Gasteiger partial charge in [-0.2, -0.15) is 0 Å². The van der Waals surface area contributed by atoms with Crippen molar-refractivity contribution in [3.63, 3.8) is 0 Å². The van der Waals surface area contributed by atoms with Gasteiger partial charge in [-0.3, -0.25) is 4.99 Å². The van der Waals surface area contributed by atoms with Gasteiger partial charge in [0.15, 0.2) is 5.96 Å². The molecule has 6 nitrogen and oxygen atoms in total. The minimum absolute atomic E-state index is 0. The molecule has 0 radical (unpaired) electrons. The highest BCUT2D eigenvalue weighted by Gasteiger charge is 2.18. The van der Waals surface area contributed by atoms with Crippen molar-refractivity contribution in [1.82, 2.24) is 15.5 Å². The number of aliphatic imine (C=N–C) groups is 1. The fourth-order valence-corrected chi connectivity index (χ4v) is 2.82. The molecular weight excluding hydrogens is 419 g/mol. The highest BCUT2D eigenvalue weighted by molar-refractivity contribution is 14.0. The Balaban J connectivity index is 0.00000529. The lowest BCUT2D eigenvalue weighted by atomic mass is 9.97. The van der Waals surface area contributed by atoms with E-state index in [4.69, 9.17) is 9.47 Å². The van der Waals surface area contributed by atoms with Crippen molar-refractivity contribution in [2.24, 2.45) is 10.9 Å². The lowest BCUT2D eigenvalue weighted by Gasteiger charge is -2.32. The van der Waals surface area contributed by atoms with E-state index >= 15 is 0 Å². The summed E-state index contributed by atoms with van der Waals surface area (Å²) in [6.45, 7) is 9.96. The SMILES string of the molecule is CCCN1CCC(CNC(=NC)NCCCOCCOC)CC1.I. The number of nitrogens with zero attached hydrogens (tertiary/aromatic N) is 2. The summed E-state index contributed by atoms with van der Waals surface area (Å²) in [5.41, 5.74) is 0. The molecule has 0 atom stereocenters. The standard InChI is InChI=1S/C17H36N4O2.HI/c1-4-9-21-10-6-16(7-11-21)15-20-17(18-2)19-8-5-12-23-14-13-22-3;/h16H,4-15H2,1-3H3,(H2,18,19,20);1H. The molecule has 0 amide bonds. The smallest absolute Gasteiger partial charge is 0.190 e. The number of rotatable bonds is 11. The maximum atomic E-state index is 5.44. The molecule has 0 aromatic heterocycles. The molecule has 0 spiro atoms. The number of hydrogen-bond donors (Lipinski definition) is 2. The third-order valence-electron chi connectivity index (χ3n) is 4.22. The van der Waals surface area contributed by atoms with E-state index < -0.39 is 0 Å². The molecule has 2 N–H and O–H groups in total. The van der Waals surface area contributed by atoms with E-state index in [9.17, 15) is 0 Å². The van der Waals surface area contributed by atoms with Gasteiger partial charge in [0, 0.05) is 33.9 Å². The van der Waals surface area contributed by atoms with Gasteiger partial charge in [-0.25, -0.2) is 0 Å². The van der Waals surface area contributed by atoms with Crippen LogP contribution in [0.5, 0.6) is 0 Å². The van der Waals surface area contributed by atoms with Crippen LogP contribution in [0.15, 0.2) is 4.99 Å². The zero-order chi connectivity index (χ0) is 16.8. The summed E-state index contributed by atoms with van der Waals surface area (Å²) < 4.78 is 10.4. The van der Waals surface area contributed by atoms with Gasteiger partial charge in [0.1, 0.15) is 0 Å². The predicted octanol–water partition coefficient (Wildman–Crippen LogP) is 1.94. The Bertz CT molecular complexity index is 311. The molecule has 0 aromatic rings. The van der Waals surface area contributed by atoms with Crippen molar-refractivity contribution in [3.8, 4) is 0 Å². The molecule has 1 heterocycles. The predicted molar refractivity (Wildman–Crippen MR) is 112 cm³/mol. The summed E-state index contributed by atoms with van der Waals surface area (Å²) in [6.07, 6.45) is 4.81. The Morgan fingerprint density at radius 3 is 2.54 bits per heavy atom. The molecule has 0 aromatic carbocycles. The first-order valence-corrected chi connectivity index (χ1v) is 9.03. The van der Waals surface area contributed by atoms with Crippen LogP contribution in [0.4, 0.5) is 0 Å². The van der Waals surface area contributed by atoms with Crippen LogP contribution in [0, 0.1) is 5.92 Å². The van der Waals surface area contributed by atoms with Crippen LogP contribution in [0.2, 0.25) is 0 Å². The molecule has 24 heavy (non-hydrogen) atoms. The van der Waals surface area contributed by atoms with Crippen LogP contribution >= 0.6 is 24.0 Å². The minimum atomic E-state index is 0. The quantitative estimate of drug-likeness (QED) is 0.216. The van der Waals surface area contributed by atoms with Crippen LogP contribution < -0.4 is 10.6 Å². The number of halogens is 1. The third kappa shape index (κ3) is 11.4. The van der Waals surface area contributed by atoms with Gasteiger partial charge in [-0.15, -0.1) is 24.0 Å². The molecule has 0 saturated carbocycles. The van der Waals surface area contributed by atoms with Gasteiger partial charge in [-0.1, -0.05) is 6.92 Å². The van der Waals surface area contributed by atoms with Gasteiger partial charge in [0.2, 0.25) is 0 Å². The highest BCUT2D eigenvalue weighted by Crippen LogP contribution is 2.16. The molecule has 0 aliphatic carbocycles. The third-order valence-corrected chi connectivity index (χ3v) is 4.22. The Labute approximate surface area is 165 Å². The topological polar surface area (TPSA) is 58.1 Å². The molecule has 1 aliphatic heterocycles. The second-order valence-corrected chi connectivity index (χ2v) is 6.12. The summed E-state index contributed by atoms with van der Waals surface area (Å²) in [5.74, 6) is 1.66. The Morgan fingerprint density at radius 2 is 1.92 bits per heavy atom. The zero-order valence-electron chi connectivity index (χ0n) is 15.7. The first kappa shape index (κ1) is 23.9. The first-order chi connectivity index (χ1) is 11.3. The Morgan fingerprint density at radius 1 is 1.17 bits per heavy atom. The van der Waals surface area contributed by atoms with Crippen molar-refractivity contribution in [2.45, 2.75) is 32.6 Å². The normalized spacial score (nSPS) is 16.7.